The summed E-state index contributed by atoms with van der Waals surface area (Å²) in [5.41, 5.74) is 2.37. The van der Waals surface area contributed by atoms with Crippen molar-refractivity contribution in [1.29, 1.82) is 0 Å². The molecule has 0 aromatic rings. The Morgan fingerprint density at radius 1 is 1.75 bits per heavy atom. The van der Waals surface area contributed by atoms with E-state index in [1.165, 1.54) is 4.98 Å². The average Bonchev–Trinajstić information content (AvgIpc) is 1.37. The quantitative estimate of drug-likeness (QED) is 0.445. The van der Waals surface area contributed by atoms with Crippen LogP contribution in [0.5, 0.6) is 0 Å². The van der Waals surface area contributed by atoms with E-state index in [9.17, 15) is 0 Å². The Morgan fingerprint density at radius 2 is 2.00 bits per heavy atom. The molecule has 0 rings (SSSR count). The summed E-state index contributed by atoms with van der Waals surface area (Å²) in [4.78, 5) is 1.51. The first-order chi connectivity index (χ1) is 1.91. The first-order valence-corrected chi connectivity index (χ1v) is 6.98. The molecule has 0 spiro atoms. The Balaban J connectivity index is 1.97. The molecule has 0 aliphatic heterocycles. The zero-order valence-corrected chi connectivity index (χ0v) is 6.38. The summed E-state index contributed by atoms with van der Waals surface area (Å²) in [6.07, 6.45) is 0. The zero-order valence-electron chi connectivity index (χ0n) is 3.41. The normalized spacial score (nSPS) is 6.50. The molecule has 0 fully saturated rings. The monoisotopic (exact) mass is 114 g/mol. The van der Waals surface area contributed by atoms with Crippen molar-refractivity contribution >= 4 is 17.4 Å². The summed E-state index contributed by atoms with van der Waals surface area (Å²) < 4.78 is 0. The van der Waals surface area contributed by atoms with Crippen molar-refractivity contribution in [3.05, 3.63) is 0 Å². The predicted octanol–water partition coefficient (Wildman–Crippen LogP) is 0.909. The summed E-state index contributed by atoms with van der Waals surface area (Å²) in [5, 5.41) is 0. The van der Waals surface area contributed by atoms with Gasteiger partial charge in [-0.25, -0.2) is 0 Å². The molecular formula is C3H9Ga. The van der Waals surface area contributed by atoms with Gasteiger partial charge in [0.2, 0.25) is 0 Å². The van der Waals surface area contributed by atoms with E-state index in [4.69, 9.17) is 0 Å². The standard InChI is InChI=1S/C2H5.CH3.Ga.H/c1-2;;;/h1H2,2H3;1H3;;. The third-order valence-electron chi connectivity index (χ3n) is 0.500. The summed E-state index contributed by atoms with van der Waals surface area (Å²) in [6.45, 7) is 2.26. The van der Waals surface area contributed by atoms with Crippen molar-refractivity contribution in [2.45, 2.75) is 17.4 Å². The minimum absolute atomic E-state index is 0.111. The van der Waals surface area contributed by atoms with E-state index in [0.717, 1.165) is 0 Å². The van der Waals surface area contributed by atoms with Crippen molar-refractivity contribution in [3.63, 3.8) is 0 Å². The van der Waals surface area contributed by atoms with E-state index >= 15 is 0 Å². The minimum atomic E-state index is 0.111. The summed E-state index contributed by atoms with van der Waals surface area (Å²) in [7, 11) is 0. The Kier molecular flexibility index (Phi) is 4.21. The van der Waals surface area contributed by atoms with Crippen LogP contribution in [0.4, 0.5) is 0 Å². The van der Waals surface area contributed by atoms with Gasteiger partial charge in [-0.15, -0.1) is 0 Å². The number of hydrogen-bond donors (Lipinski definition) is 0. The molecule has 0 unspecified atom stereocenters. The molecule has 24 valence electrons. The van der Waals surface area contributed by atoms with Gasteiger partial charge < -0.3 is 0 Å². The fraction of sp³-hybridized carbons (Fsp3) is 1.00. The maximum atomic E-state index is 2.37. The number of rotatable bonds is 1. The summed E-state index contributed by atoms with van der Waals surface area (Å²) >= 11 is 0.111. The van der Waals surface area contributed by atoms with Gasteiger partial charge in [-0.3, -0.25) is 0 Å². The predicted molar refractivity (Wildman–Crippen MR) is 23.5 cm³/mol. The second kappa shape index (κ2) is 3.64. The first kappa shape index (κ1) is 4.64. The Labute approximate surface area is 35.4 Å². The van der Waals surface area contributed by atoms with Gasteiger partial charge in [0.1, 0.15) is 0 Å². The SMILES string of the molecule is C[CH2][GaH][CH3]. The zero-order chi connectivity index (χ0) is 3.41. The van der Waals surface area contributed by atoms with E-state index < -0.39 is 0 Å². The van der Waals surface area contributed by atoms with E-state index in [2.05, 4.69) is 12.4 Å². The van der Waals surface area contributed by atoms with Gasteiger partial charge in [-0.2, -0.15) is 0 Å². The fourth-order valence-corrected chi connectivity index (χ4v) is 0. The molecule has 0 heterocycles. The van der Waals surface area contributed by atoms with Gasteiger partial charge in [0.25, 0.3) is 0 Å². The second-order valence-corrected chi connectivity index (χ2v) is 5.20. The van der Waals surface area contributed by atoms with Crippen molar-refractivity contribution in [3.8, 4) is 0 Å². The molecule has 0 aromatic heterocycles. The fourth-order valence-electron chi connectivity index (χ4n) is 0. The van der Waals surface area contributed by atoms with Crippen LogP contribution in [-0.2, 0) is 0 Å². The van der Waals surface area contributed by atoms with Crippen molar-refractivity contribution in [2.24, 2.45) is 0 Å². The molecule has 0 saturated heterocycles. The molecule has 0 aliphatic rings. The van der Waals surface area contributed by atoms with Gasteiger partial charge in [0.05, 0.1) is 0 Å². The van der Waals surface area contributed by atoms with Crippen LogP contribution < -0.4 is 0 Å². The summed E-state index contributed by atoms with van der Waals surface area (Å²) in [5.74, 6) is 0. The van der Waals surface area contributed by atoms with Gasteiger partial charge in [-0.05, 0) is 0 Å². The van der Waals surface area contributed by atoms with Crippen LogP contribution in [0.2, 0.25) is 10.5 Å². The molecule has 4 heavy (non-hydrogen) atoms. The molecule has 0 aromatic carbocycles. The molecule has 0 N–H and O–H groups in total. The molecule has 1 heteroatoms. The molecule has 0 nitrogen and oxygen atoms in total. The Morgan fingerprint density at radius 3 is 2.00 bits per heavy atom. The van der Waals surface area contributed by atoms with Crippen LogP contribution >= 0.6 is 0 Å². The molecule has 0 aliphatic carbocycles. The van der Waals surface area contributed by atoms with Crippen LogP contribution in [0.25, 0.3) is 0 Å². The molecule has 0 saturated carbocycles. The topological polar surface area (TPSA) is 0 Å². The molecule has 0 amide bonds. The van der Waals surface area contributed by atoms with E-state index in [0.29, 0.717) is 0 Å². The summed E-state index contributed by atoms with van der Waals surface area (Å²) in [6, 6.07) is 0. The molecule has 0 bridgehead atoms. The van der Waals surface area contributed by atoms with Gasteiger partial charge in [0, 0.05) is 0 Å². The van der Waals surface area contributed by atoms with Crippen molar-refractivity contribution in [2.75, 3.05) is 0 Å². The van der Waals surface area contributed by atoms with E-state index in [-0.39, 0.29) is 17.4 Å². The Hall–Kier alpha value is 0.636. The van der Waals surface area contributed by atoms with Gasteiger partial charge >= 0.3 is 34.8 Å². The van der Waals surface area contributed by atoms with Crippen LogP contribution in [0.3, 0.4) is 0 Å². The second-order valence-electron chi connectivity index (χ2n) is 1.000. The molecule has 0 radical (unpaired) electrons. The van der Waals surface area contributed by atoms with Crippen LogP contribution in [0, 0.1) is 0 Å². The van der Waals surface area contributed by atoms with Crippen LogP contribution in [-0.4, -0.2) is 17.4 Å². The van der Waals surface area contributed by atoms with Gasteiger partial charge in [-0.1, -0.05) is 0 Å². The van der Waals surface area contributed by atoms with Crippen molar-refractivity contribution < 1.29 is 0 Å². The Bertz CT molecular complexity index is 5.25. The third kappa shape index (κ3) is 2.64. The van der Waals surface area contributed by atoms with Crippen LogP contribution in [0.1, 0.15) is 6.92 Å². The first-order valence-electron chi connectivity index (χ1n) is 1.91. The number of hydrogen-bond acceptors (Lipinski definition) is 0. The average molecular weight is 115 g/mol. The van der Waals surface area contributed by atoms with E-state index in [1.807, 2.05) is 0 Å². The van der Waals surface area contributed by atoms with Crippen molar-refractivity contribution in [1.82, 2.24) is 0 Å². The van der Waals surface area contributed by atoms with Crippen LogP contribution in [0.15, 0.2) is 0 Å². The van der Waals surface area contributed by atoms with Gasteiger partial charge in [0.15, 0.2) is 0 Å². The molecular weight excluding hydrogens is 106 g/mol. The van der Waals surface area contributed by atoms with E-state index in [1.54, 1.807) is 0 Å². The third-order valence-corrected chi connectivity index (χ3v) is 2.60. The molecule has 0 atom stereocenters. The maximum absolute atomic E-state index is 2.37.